The monoisotopic (exact) mass is 353 g/mol. The molecular weight excluding hydrogens is 326 g/mol. The molecule has 1 fully saturated rings. The normalized spacial score (nSPS) is 17.0. The van der Waals surface area contributed by atoms with Crippen molar-refractivity contribution in [1.29, 1.82) is 0 Å². The zero-order valence-electron chi connectivity index (χ0n) is 13.7. The molecule has 3 nitrogen and oxygen atoms in total. The van der Waals surface area contributed by atoms with Gasteiger partial charge in [0.25, 0.3) is 0 Å². The van der Waals surface area contributed by atoms with Gasteiger partial charge >= 0.3 is 0 Å². The molecule has 2 rings (SSSR count). The molecule has 0 amide bonds. The van der Waals surface area contributed by atoms with Crippen molar-refractivity contribution in [2.24, 2.45) is 0 Å². The van der Waals surface area contributed by atoms with Crippen LogP contribution >= 0.6 is 15.9 Å². The van der Waals surface area contributed by atoms with Crippen LogP contribution in [0.1, 0.15) is 33.3 Å². The highest BCUT2D eigenvalue weighted by Gasteiger charge is 2.20. The summed E-state index contributed by atoms with van der Waals surface area (Å²) in [6.45, 7) is 14.4. The highest BCUT2D eigenvalue weighted by atomic mass is 79.9. The molecule has 0 bridgehead atoms. The minimum absolute atomic E-state index is 0.509. The topological polar surface area (TPSA) is 18.5 Å². The second-order valence-corrected chi connectivity index (χ2v) is 7.34. The Hall–Kier alpha value is -0.580. The van der Waals surface area contributed by atoms with Crippen LogP contribution in [0.25, 0.3) is 0 Å². The van der Waals surface area contributed by atoms with Crippen LogP contribution < -0.4 is 10.2 Å². The zero-order valence-corrected chi connectivity index (χ0v) is 15.3. The van der Waals surface area contributed by atoms with Crippen LogP contribution in [0, 0.1) is 0 Å². The molecule has 0 unspecified atom stereocenters. The van der Waals surface area contributed by atoms with Crippen molar-refractivity contribution in [3.05, 3.63) is 28.2 Å². The van der Waals surface area contributed by atoms with E-state index in [0.717, 1.165) is 37.2 Å². The summed E-state index contributed by atoms with van der Waals surface area (Å²) in [5.41, 5.74) is 2.77. The molecular formula is C17H28BrN3. The molecule has 1 saturated heterocycles. The van der Waals surface area contributed by atoms with Crippen LogP contribution in [-0.4, -0.2) is 43.2 Å². The predicted molar refractivity (Wildman–Crippen MR) is 95.0 cm³/mol. The van der Waals surface area contributed by atoms with Gasteiger partial charge in [0.2, 0.25) is 0 Å². The minimum Gasteiger partial charge on any atom is -0.369 e. The molecule has 0 aliphatic carbocycles. The van der Waals surface area contributed by atoms with Crippen molar-refractivity contribution in [3.8, 4) is 0 Å². The van der Waals surface area contributed by atoms with Crippen molar-refractivity contribution in [3.63, 3.8) is 0 Å². The maximum atomic E-state index is 3.60. The third-order valence-electron chi connectivity index (χ3n) is 4.13. The SMILES string of the molecule is CC(C)NCc1cc(Br)ccc1N1CCN(C(C)C)CC1. The standard InChI is InChI=1S/C17H28BrN3/c1-13(2)19-12-15-11-16(18)5-6-17(15)21-9-7-20(8-10-21)14(3)4/h5-6,11,13-14,19H,7-10,12H2,1-4H3. The lowest BCUT2D eigenvalue weighted by Gasteiger charge is -2.39. The number of anilines is 1. The van der Waals surface area contributed by atoms with Crippen LogP contribution in [0.15, 0.2) is 22.7 Å². The summed E-state index contributed by atoms with van der Waals surface area (Å²) in [6, 6.07) is 7.82. The first-order chi connectivity index (χ1) is 9.97. The van der Waals surface area contributed by atoms with E-state index in [1.807, 2.05) is 0 Å². The fourth-order valence-electron chi connectivity index (χ4n) is 2.80. The van der Waals surface area contributed by atoms with E-state index < -0.39 is 0 Å². The van der Waals surface area contributed by atoms with Crippen LogP contribution in [-0.2, 0) is 6.54 Å². The predicted octanol–water partition coefficient (Wildman–Crippen LogP) is 3.48. The van der Waals surface area contributed by atoms with E-state index in [1.54, 1.807) is 0 Å². The highest BCUT2D eigenvalue weighted by molar-refractivity contribution is 9.10. The molecule has 0 saturated carbocycles. The van der Waals surface area contributed by atoms with Crippen molar-refractivity contribution >= 4 is 21.6 Å². The van der Waals surface area contributed by atoms with Gasteiger partial charge in [-0.2, -0.15) is 0 Å². The summed E-state index contributed by atoms with van der Waals surface area (Å²) in [6.07, 6.45) is 0. The van der Waals surface area contributed by atoms with Crippen LogP contribution in [0.2, 0.25) is 0 Å². The Morgan fingerprint density at radius 1 is 1.10 bits per heavy atom. The Bertz CT molecular complexity index is 451. The second kappa shape index (κ2) is 7.61. The molecule has 118 valence electrons. The summed E-state index contributed by atoms with van der Waals surface area (Å²) in [7, 11) is 0. The molecule has 0 aromatic heterocycles. The maximum absolute atomic E-state index is 3.60. The van der Waals surface area contributed by atoms with Gasteiger partial charge in [-0.3, -0.25) is 4.90 Å². The molecule has 1 aromatic rings. The average Bonchev–Trinajstić information content (AvgIpc) is 2.45. The van der Waals surface area contributed by atoms with E-state index in [-0.39, 0.29) is 0 Å². The summed E-state index contributed by atoms with van der Waals surface area (Å²) < 4.78 is 1.16. The third kappa shape index (κ3) is 4.70. The number of hydrogen-bond donors (Lipinski definition) is 1. The lowest BCUT2D eigenvalue weighted by molar-refractivity contribution is 0.209. The molecule has 0 radical (unpaired) electrons. The summed E-state index contributed by atoms with van der Waals surface area (Å²) in [5, 5.41) is 3.54. The van der Waals surface area contributed by atoms with Gasteiger partial charge in [0, 0.05) is 55.0 Å². The van der Waals surface area contributed by atoms with Gasteiger partial charge in [-0.25, -0.2) is 0 Å². The first kappa shape index (κ1) is 16.8. The van der Waals surface area contributed by atoms with Gasteiger partial charge in [0.05, 0.1) is 0 Å². The Labute approximate surface area is 137 Å². The van der Waals surface area contributed by atoms with Crippen LogP contribution in [0.4, 0.5) is 5.69 Å². The quantitative estimate of drug-likeness (QED) is 0.874. The molecule has 0 spiro atoms. The van der Waals surface area contributed by atoms with Gasteiger partial charge < -0.3 is 10.2 Å². The zero-order chi connectivity index (χ0) is 15.4. The summed E-state index contributed by atoms with van der Waals surface area (Å²) >= 11 is 3.60. The lowest BCUT2D eigenvalue weighted by atomic mass is 10.1. The van der Waals surface area contributed by atoms with Crippen LogP contribution in [0.3, 0.4) is 0 Å². The number of halogens is 1. The lowest BCUT2D eigenvalue weighted by Crippen LogP contribution is -2.49. The van der Waals surface area contributed by atoms with Crippen LogP contribution in [0.5, 0.6) is 0 Å². The van der Waals surface area contributed by atoms with Gasteiger partial charge in [-0.15, -0.1) is 0 Å². The van der Waals surface area contributed by atoms with Crippen molar-refractivity contribution in [2.75, 3.05) is 31.1 Å². The van der Waals surface area contributed by atoms with E-state index in [4.69, 9.17) is 0 Å². The van der Waals surface area contributed by atoms with Crippen molar-refractivity contribution < 1.29 is 0 Å². The van der Waals surface area contributed by atoms with E-state index in [0.29, 0.717) is 12.1 Å². The number of piperazine rings is 1. The molecule has 4 heteroatoms. The Morgan fingerprint density at radius 2 is 1.76 bits per heavy atom. The maximum Gasteiger partial charge on any atom is 0.0413 e. The molecule has 1 aliphatic heterocycles. The minimum atomic E-state index is 0.509. The first-order valence-electron chi connectivity index (χ1n) is 7.98. The van der Waals surface area contributed by atoms with Crippen molar-refractivity contribution in [2.45, 2.75) is 46.3 Å². The smallest absolute Gasteiger partial charge is 0.0413 e. The van der Waals surface area contributed by atoms with E-state index >= 15 is 0 Å². The third-order valence-corrected chi connectivity index (χ3v) is 4.62. The summed E-state index contributed by atoms with van der Waals surface area (Å²) in [4.78, 5) is 5.09. The molecule has 1 aromatic carbocycles. The number of rotatable bonds is 5. The van der Waals surface area contributed by atoms with Gasteiger partial charge in [0.15, 0.2) is 0 Å². The number of nitrogens with one attached hydrogen (secondary N) is 1. The fraction of sp³-hybridized carbons (Fsp3) is 0.647. The molecule has 1 N–H and O–H groups in total. The number of nitrogens with zero attached hydrogens (tertiary/aromatic N) is 2. The van der Waals surface area contributed by atoms with E-state index in [9.17, 15) is 0 Å². The Morgan fingerprint density at radius 3 is 2.33 bits per heavy atom. The van der Waals surface area contributed by atoms with E-state index in [2.05, 4.69) is 76.9 Å². The largest absolute Gasteiger partial charge is 0.369 e. The molecule has 1 heterocycles. The Balaban J connectivity index is 2.08. The number of hydrogen-bond acceptors (Lipinski definition) is 3. The van der Waals surface area contributed by atoms with E-state index in [1.165, 1.54) is 11.3 Å². The van der Waals surface area contributed by atoms with Gasteiger partial charge in [-0.1, -0.05) is 29.8 Å². The number of benzene rings is 1. The fourth-order valence-corrected chi connectivity index (χ4v) is 3.21. The second-order valence-electron chi connectivity index (χ2n) is 6.43. The highest BCUT2D eigenvalue weighted by Crippen LogP contribution is 2.26. The first-order valence-corrected chi connectivity index (χ1v) is 8.77. The molecule has 1 aliphatic rings. The average molecular weight is 354 g/mol. The van der Waals surface area contributed by atoms with Gasteiger partial charge in [-0.05, 0) is 37.6 Å². The van der Waals surface area contributed by atoms with Gasteiger partial charge in [0.1, 0.15) is 0 Å². The Kier molecular flexibility index (Phi) is 6.08. The van der Waals surface area contributed by atoms with Crippen molar-refractivity contribution in [1.82, 2.24) is 10.2 Å². The molecule has 0 atom stereocenters. The molecule has 21 heavy (non-hydrogen) atoms. The summed E-state index contributed by atoms with van der Waals surface area (Å²) in [5.74, 6) is 0.